The van der Waals surface area contributed by atoms with Gasteiger partial charge in [0.1, 0.15) is 6.04 Å². The van der Waals surface area contributed by atoms with Crippen molar-refractivity contribution in [2.45, 2.75) is 12.1 Å². The van der Waals surface area contributed by atoms with E-state index in [1.807, 2.05) is 18.2 Å². The molecule has 0 bridgehead atoms. The molecule has 1 aromatic carbocycles. The number of morpholine rings is 1. The second-order valence-electron chi connectivity index (χ2n) is 4.62. The van der Waals surface area contributed by atoms with Crippen LogP contribution in [0.1, 0.15) is 11.6 Å². The van der Waals surface area contributed by atoms with Crippen molar-refractivity contribution < 1.29 is 19.1 Å². The van der Waals surface area contributed by atoms with Crippen LogP contribution >= 0.6 is 0 Å². The number of alkyl carbamates (subject to hydrolysis) is 1. The van der Waals surface area contributed by atoms with E-state index in [9.17, 15) is 9.59 Å². The molecule has 114 valence electrons. The first-order valence-corrected chi connectivity index (χ1v) is 6.78. The van der Waals surface area contributed by atoms with Crippen LogP contribution in [-0.2, 0) is 14.3 Å². The van der Waals surface area contributed by atoms with Crippen LogP contribution in [0, 0.1) is 0 Å². The molecule has 3 rings (SSSR count). The Bertz CT molecular complexity index is 465. The molecule has 4 N–H and O–H groups in total. The number of primary amides is 1. The highest BCUT2D eigenvalue weighted by Gasteiger charge is 2.38. The summed E-state index contributed by atoms with van der Waals surface area (Å²) in [6, 6.07) is 8.59. The molecule has 2 aliphatic heterocycles. The number of hydrogen-bond donors (Lipinski definition) is 3. The predicted octanol–water partition coefficient (Wildman–Crippen LogP) is -0.0724. The number of benzene rings is 1. The molecule has 2 amide bonds. The van der Waals surface area contributed by atoms with E-state index >= 15 is 0 Å². The Morgan fingerprint density at radius 1 is 1.19 bits per heavy atom. The van der Waals surface area contributed by atoms with Gasteiger partial charge in [-0.2, -0.15) is 0 Å². The second-order valence-corrected chi connectivity index (χ2v) is 4.62. The molecule has 0 saturated carbocycles. The molecule has 7 heteroatoms. The molecule has 0 spiro atoms. The van der Waals surface area contributed by atoms with Gasteiger partial charge >= 0.3 is 6.09 Å². The fourth-order valence-corrected chi connectivity index (χ4v) is 2.08. The number of cyclic esters (lactones) is 1. The van der Waals surface area contributed by atoms with E-state index in [1.165, 1.54) is 0 Å². The van der Waals surface area contributed by atoms with E-state index in [-0.39, 0.29) is 0 Å². The highest BCUT2D eigenvalue weighted by molar-refractivity contribution is 5.86. The molecule has 7 nitrogen and oxygen atoms in total. The average Bonchev–Trinajstić information content (AvgIpc) is 2.93. The van der Waals surface area contributed by atoms with Gasteiger partial charge < -0.3 is 25.8 Å². The van der Waals surface area contributed by atoms with Crippen molar-refractivity contribution in [3.05, 3.63) is 35.9 Å². The summed E-state index contributed by atoms with van der Waals surface area (Å²) < 4.78 is 9.77. The fraction of sp³-hybridized carbons (Fsp3) is 0.429. The Hall–Kier alpha value is -2.12. The first-order valence-electron chi connectivity index (χ1n) is 6.78. The molecule has 2 fully saturated rings. The van der Waals surface area contributed by atoms with Gasteiger partial charge in [0.05, 0.1) is 13.2 Å². The number of rotatable bonds is 2. The van der Waals surface area contributed by atoms with Crippen LogP contribution in [0.5, 0.6) is 0 Å². The lowest BCUT2D eigenvalue weighted by atomic mass is 10.0. The quantitative estimate of drug-likeness (QED) is 0.708. The Labute approximate surface area is 122 Å². The molecule has 21 heavy (non-hydrogen) atoms. The lowest BCUT2D eigenvalue weighted by molar-refractivity contribution is -0.125. The van der Waals surface area contributed by atoms with E-state index < -0.39 is 24.1 Å². The normalized spacial score (nSPS) is 24.3. The summed E-state index contributed by atoms with van der Waals surface area (Å²) in [6.07, 6.45) is -1.55. The monoisotopic (exact) mass is 293 g/mol. The summed E-state index contributed by atoms with van der Waals surface area (Å²) in [4.78, 5) is 22.0. The number of nitrogens with two attached hydrogens (primary N) is 1. The third-order valence-electron chi connectivity index (χ3n) is 3.10. The van der Waals surface area contributed by atoms with Crippen LogP contribution in [0.25, 0.3) is 0 Å². The van der Waals surface area contributed by atoms with Crippen molar-refractivity contribution in [1.29, 1.82) is 0 Å². The third kappa shape index (κ3) is 4.44. The number of nitrogens with one attached hydrogen (secondary N) is 2. The van der Waals surface area contributed by atoms with E-state index in [1.54, 1.807) is 12.1 Å². The molecule has 0 aromatic heterocycles. The first kappa shape index (κ1) is 15.3. The Morgan fingerprint density at radius 3 is 2.33 bits per heavy atom. The predicted molar refractivity (Wildman–Crippen MR) is 75.5 cm³/mol. The molecule has 2 atom stereocenters. The van der Waals surface area contributed by atoms with Gasteiger partial charge in [0.25, 0.3) is 5.91 Å². The van der Waals surface area contributed by atoms with Crippen molar-refractivity contribution in [1.82, 2.24) is 10.6 Å². The van der Waals surface area contributed by atoms with Crippen LogP contribution in [0.15, 0.2) is 30.3 Å². The minimum atomic E-state index is -0.931. The summed E-state index contributed by atoms with van der Waals surface area (Å²) >= 11 is 0. The van der Waals surface area contributed by atoms with Gasteiger partial charge in [-0.05, 0) is 5.56 Å². The lowest BCUT2D eigenvalue weighted by Gasteiger charge is -2.13. The maximum Gasteiger partial charge on any atom is 0.408 e. The van der Waals surface area contributed by atoms with Crippen molar-refractivity contribution in [2.75, 3.05) is 26.3 Å². The summed E-state index contributed by atoms with van der Waals surface area (Å²) in [5.41, 5.74) is 5.93. The zero-order valence-electron chi connectivity index (χ0n) is 11.6. The van der Waals surface area contributed by atoms with E-state index in [0.29, 0.717) is 0 Å². The second kappa shape index (κ2) is 7.61. The maximum absolute atomic E-state index is 11.0. The number of carbonyl (C=O) groups excluding carboxylic acids is 2. The highest BCUT2D eigenvalue weighted by atomic mass is 16.6. The molecular weight excluding hydrogens is 274 g/mol. The summed E-state index contributed by atoms with van der Waals surface area (Å²) in [5.74, 6) is -0.651. The number of carbonyl (C=O) groups is 2. The zero-order chi connectivity index (χ0) is 15.1. The number of amides is 2. The van der Waals surface area contributed by atoms with Gasteiger partial charge in [-0.3, -0.25) is 4.79 Å². The van der Waals surface area contributed by atoms with Crippen LogP contribution < -0.4 is 16.4 Å². The molecule has 0 aliphatic carbocycles. The van der Waals surface area contributed by atoms with E-state index in [4.69, 9.17) is 15.2 Å². The highest BCUT2D eigenvalue weighted by Crippen LogP contribution is 2.24. The minimum Gasteiger partial charge on any atom is -0.433 e. The molecule has 1 aromatic rings. The minimum absolute atomic E-state index is 0.490. The summed E-state index contributed by atoms with van der Waals surface area (Å²) in [6.45, 7) is 3.83. The van der Waals surface area contributed by atoms with Crippen LogP contribution in [0.3, 0.4) is 0 Å². The van der Waals surface area contributed by atoms with E-state index in [0.717, 1.165) is 31.9 Å². The van der Waals surface area contributed by atoms with Crippen molar-refractivity contribution >= 4 is 12.0 Å². The molecule has 0 unspecified atom stereocenters. The van der Waals surface area contributed by atoms with Crippen LogP contribution in [0.4, 0.5) is 4.79 Å². The Morgan fingerprint density at radius 2 is 1.86 bits per heavy atom. The zero-order valence-corrected chi connectivity index (χ0v) is 11.6. The van der Waals surface area contributed by atoms with Crippen LogP contribution in [-0.4, -0.2) is 44.4 Å². The Kier molecular flexibility index (Phi) is 5.53. The van der Waals surface area contributed by atoms with Gasteiger partial charge in [-0.15, -0.1) is 0 Å². The molecule has 2 aliphatic rings. The number of hydrogen-bond acceptors (Lipinski definition) is 5. The topological polar surface area (TPSA) is 103 Å². The summed E-state index contributed by atoms with van der Waals surface area (Å²) in [5, 5.41) is 5.70. The SMILES string of the molecule is C1COCCN1.NC(=O)[C@@H]1OC(=O)N[C@H]1c1ccccc1. The average molecular weight is 293 g/mol. The summed E-state index contributed by atoms with van der Waals surface area (Å²) in [7, 11) is 0. The Balaban J connectivity index is 0.000000225. The van der Waals surface area contributed by atoms with E-state index in [2.05, 4.69) is 10.6 Å². The van der Waals surface area contributed by atoms with Crippen molar-refractivity contribution in [3.8, 4) is 0 Å². The molecule has 2 saturated heterocycles. The van der Waals surface area contributed by atoms with Gasteiger partial charge in [0, 0.05) is 13.1 Å². The number of ether oxygens (including phenoxy) is 2. The van der Waals surface area contributed by atoms with Crippen molar-refractivity contribution in [2.24, 2.45) is 5.73 Å². The van der Waals surface area contributed by atoms with Crippen LogP contribution in [0.2, 0.25) is 0 Å². The van der Waals surface area contributed by atoms with Gasteiger partial charge in [-0.25, -0.2) is 4.79 Å². The van der Waals surface area contributed by atoms with Gasteiger partial charge in [0.2, 0.25) is 6.10 Å². The molecule has 0 radical (unpaired) electrons. The molecule has 2 heterocycles. The lowest BCUT2D eigenvalue weighted by Crippen LogP contribution is -2.34. The standard InChI is InChI=1S/C10H10N2O3.C4H9NO/c11-9(13)8-7(12-10(14)15-8)6-4-2-1-3-5-6;1-3-6-4-2-5-1/h1-5,7-8H,(H2,11,13)(H,12,14);5H,1-4H2/t7-,8+;/m0./s1. The third-order valence-corrected chi connectivity index (χ3v) is 3.10. The van der Waals surface area contributed by atoms with Gasteiger partial charge in [-0.1, -0.05) is 30.3 Å². The maximum atomic E-state index is 11.0. The smallest absolute Gasteiger partial charge is 0.408 e. The van der Waals surface area contributed by atoms with Gasteiger partial charge in [0.15, 0.2) is 0 Å². The largest absolute Gasteiger partial charge is 0.433 e. The van der Waals surface area contributed by atoms with Crippen molar-refractivity contribution in [3.63, 3.8) is 0 Å². The fourth-order valence-electron chi connectivity index (χ4n) is 2.08. The molecular formula is C14H19N3O4. The first-order chi connectivity index (χ1) is 10.2.